The third-order valence-electron chi connectivity index (χ3n) is 5.24. The van der Waals surface area contributed by atoms with Gasteiger partial charge in [-0.1, -0.05) is 29.8 Å². The highest BCUT2D eigenvalue weighted by Gasteiger charge is 2.36. The molecule has 3 heterocycles. The number of aromatic nitrogens is 3. The van der Waals surface area contributed by atoms with Crippen LogP contribution in [0.15, 0.2) is 36.5 Å². The van der Waals surface area contributed by atoms with Crippen molar-refractivity contribution in [2.24, 2.45) is 0 Å². The predicted octanol–water partition coefficient (Wildman–Crippen LogP) is 1.69. The number of hydrogen-bond acceptors (Lipinski definition) is 3. The quantitative estimate of drug-likeness (QED) is 0.708. The molecule has 9 heteroatoms. The van der Waals surface area contributed by atoms with E-state index in [1.165, 1.54) is 11.1 Å². The van der Waals surface area contributed by atoms with Crippen molar-refractivity contribution in [3.63, 3.8) is 0 Å². The number of benzene rings is 1. The second-order valence-corrected chi connectivity index (χ2v) is 7.43. The predicted molar refractivity (Wildman–Crippen MR) is 101 cm³/mol. The molecular formula is C20H21F3N5O+. The maximum atomic E-state index is 13.7. The molecule has 3 aromatic rings. The van der Waals surface area contributed by atoms with Crippen molar-refractivity contribution in [2.45, 2.75) is 13.1 Å². The van der Waals surface area contributed by atoms with Gasteiger partial charge >= 0.3 is 6.18 Å². The van der Waals surface area contributed by atoms with Gasteiger partial charge in [-0.3, -0.25) is 4.79 Å². The van der Waals surface area contributed by atoms with E-state index in [1.807, 2.05) is 26.1 Å². The highest BCUT2D eigenvalue weighted by atomic mass is 19.4. The largest absolute Gasteiger partial charge is 0.433 e. The number of carbonyl (C=O) groups is 1. The number of piperazine rings is 1. The van der Waals surface area contributed by atoms with Gasteiger partial charge in [0.05, 0.1) is 45.1 Å². The number of halogens is 3. The number of hydrogen-bond donors (Lipinski definition) is 1. The molecule has 1 aliphatic rings. The Balaban J connectivity index is 1.84. The average Bonchev–Trinajstić information content (AvgIpc) is 3.11. The minimum Gasteiger partial charge on any atom is -0.334 e. The monoisotopic (exact) mass is 404 g/mol. The molecule has 0 radical (unpaired) electrons. The van der Waals surface area contributed by atoms with Crippen molar-refractivity contribution in [1.29, 1.82) is 0 Å². The van der Waals surface area contributed by atoms with Crippen LogP contribution >= 0.6 is 0 Å². The Morgan fingerprint density at radius 3 is 2.41 bits per heavy atom. The molecule has 0 atom stereocenters. The number of alkyl halides is 3. The van der Waals surface area contributed by atoms with Crippen LogP contribution in [0.4, 0.5) is 13.2 Å². The first-order valence-corrected chi connectivity index (χ1v) is 9.37. The molecule has 1 N–H and O–H groups in total. The van der Waals surface area contributed by atoms with Crippen LogP contribution in [0.2, 0.25) is 0 Å². The minimum atomic E-state index is -4.63. The molecule has 6 nitrogen and oxygen atoms in total. The van der Waals surface area contributed by atoms with E-state index < -0.39 is 11.9 Å². The summed E-state index contributed by atoms with van der Waals surface area (Å²) < 4.78 is 41.8. The van der Waals surface area contributed by atoms with E-state index in [0.717, 1.165) is 24.7 Å². The number of nitrogens with one attached hydrogen (secondary N) is 1. The summed E-state index contributed by atoms with van der Waals surface area (Å²) >= 11 is 0. The Labute approximate surface area is 165 Å². The SMILES string of the molecule is Cc1ccc(-c2cc(C(F)(F)F)n3ncc(C(=O)N4CC[NH+](C)CC4)c3n2)cc1. The number of amides is 1. The van der Waals surface area contributed by atoms with Crippen LogP contribution in [0.25, 0.3) is 16.9 Å². The maximum absolute atomic E-state index is 13.7. The summed E-state index contributed by atoms with van der Waals surface area (Å²) in [5, 5.41) is 3.85. The molecule has 1 fully saturated rings. The lowest BCUT2D eigenvalue weighted by Crippen LogP contribution is -3.12. The van der Waals surface area contributed by atoms with E-state index in [0.29, 0.717) is 23.2 Å². The van der Waals surface area contributed by atoms with Gasteiger partial charge in [0.15, 0.2) is 11.3 Å². The van der Waals surface area contributed by atoms with Gasteiger partial charge in [0.1, 0.15) is 5.56 Å². The van der Waals surface area contributed by atoms with Gasteiger partial charge in [-0.2, -0.15) is 18.3 Å². The lowest BCUT2D eigenvalue weighted by Gasteiger charge is -2.29. The maximum Gasteiger partial charge on any atom is 0.433 e. The summed E-state index contributed by atoms with van der Waals surface area (Å²) in [6.07, 6.45) is -3.45. The van der Waals surface area contributed by atoms with Crippen molar-refractivity contribution in [3.8, 4) is 11.3 Å². The van der Waals surface area contributed by atoms with Crippen molar-refractivity contribution < 1.29 is 22.9 Å². The molecule has 1 amide bonds. The van der Waals surface area contributed by atoms with Crippen LogP contribution in [0.5, 0.6) is 0 Å². The van der Waals surface area contributed by atoms with Crippen molar-refractivity contribution >= 4 is 11.6 Å². The lowest BCUT2D eigenvalue weighted by molar-refractivity contribution is -0.883. The number of rotatable bonds is 2. The number of likely N-dealkylation sites (N-methyl/N-ethyl adjacent to an activating group) is 1. The standard InChI is InChI=1S/C20H20F3N5O/c1-13-3-5-14(6-4-13)16-11-17(20(21,22)23)28-18(25-16)15(12-24-28)19(29)27-9-7-26(2)8-10-27/h3-6,11-12H,7-10H2,1-2H3/p+1. The van der Waals surface area contributed by atoms with Gasteiger partial charge < -0.3 is 9.80 Å². The van der Waals surface area contributed by atoms with Crippen molar-refractivity contribution in [2.75, 3.05) is 33.2 Å². The van der Waals surface area contributed by atoms with Gasteiger partial charge in [0, 0.05) is 5.56 Å². The average molecular weight is 404 g/mol. The number of fused-ring (bicyclic) bond motifs is 1. The molecule has 4 rings (SSSR count). The van der Waals surface area contributed by atoms with Crippen molar-refractivity contribution in [1.82, 2.24) is 19.5 Å². The Bertz CT molecular complexity index is 1050. The van der Waals surface area contributed by atoms with E-state index in [1.54, 1.807) is 17.0 Å². The fourth-order valence-corrected chi connectivity index (χ4v) is 3.45. The highest BCUT2D eigenvalue weighted by molar-refractivity contribution is 6.00. The summed E-state index contributed by atoms with van der Waals surface area (Å²) in [6, 6.07) is 8.02. The Kier molecular flexibility index (Phi) is 4.77. The van der Waals surface area contributed by atoms with Crippen LogP contribution in [0.3, 0.4) is 0 Å². The smallest absolute Gasteiger partial charge is 0.334 e. The molecule has 2 aromatic heterocycles. The number of nitrogens with zero attached hydrogens (tertiary/aromatic N) is 4. The number of quaternary nitrogens is 1. The second-order valence-electron chi connectivity index (χ2n) is 7.43. The van der Waals surface area contributed by atoms with E-state index in [9.17, 15) is 18.0 Å². The normalized spacial score (nSPS) is 15.8. The van der Waals surface area contributed by atoms with Gasteiger partial charge in [0.25, 0.3) is 5.91 Å². The Hall–Kier alpha value is -2.94. The zero-order valence-electron chi connectivity index (χ0n) is 16.1. The van der Waals surface area contributed by atoms with Crippen LogP contribution < -0.4 is 4.90 Å². The fourth-order valence-electron chi connectivity index (χ4n) is 3.45. The molecule has 0 unspecified atom stereocenters. The molecule has 0 bridgehead atoms. The van der Waals surface area contributed by atoms with Crippen molar-refractivity contribution in [3.05, 3.63) is 53.3 Å². The van der Waals surface area contributed by atoms with Crippen LogP contribution in [-0.2, 0) is 6.18 Å². The Morgan fingerprint density at radius 2 is 1.79 bits per heavy atom. The summed E-state index contributed by atoms with van der Waals surface area (Å²) in [5.74, 6) is -0.339. The molecular weight excluding hydrogens is 383 g/mol. The second kappa shape index (κ2) is 7.14. The van der Waals surface area contributed by atoms with Gasteiger partial charge in [-0.05, 0) is 13.0 Å². The third kappa shape index (κ3) is 3.69. The highest BCUT2D eigenvalue weighted by Crippen LogP contribution is 2.33. The summed E-state index contributed by atoms with van der Waals surface area (Å²) in [7, 11) is 2.04. The molecule has 1 aliphatic heterocycles. The van der Waals surface area contributed by atoms with Gasteiger partial charge in [0.2, 0.25) is 0 Å². The minimum absolute atomic E-state index is 0.0772. The molecule has 0 spiro atoms. The summed E-state index contributed by atoms with van der Waals surface area (Å²) in [4.78, 5) is 20.3. The van der Waals surface area contributed by atoms with Crippen LogP contribution in [-0.4, -0.2) is 58.6 Å². The number of aryl methyl sites for hydroxylation is 1. The zero-order chi connectivity index (χ0) is 20.8. The van der Waals surface area contributed by atoms with E-state index >= 15 is 0 Å². The zero-order valence-corrected chi connectivity index (χ0v) is 16.1. The first-order chi connectivity index (χ1) is 13.7. The Morgan fingerprint density at radius 1 is 1.14 bits per heavy atom. The van der Waals surface area contributed by atoms with Crippen LogP contribution in [0.1, 0.15) is 21.6 Å². The van der Waals surface area contributed by atoms with E-state index in [4.69, 9.17) is 0 Å². The molecule has 1 aromatic carbocycles. The first kappa shape index (κ1) is 19.4. The summed E-state index contributed by atoms with van der Waals surface area (Å²) in [5.41, 5.74) is 0.743. The fraction of sp³-hybridized carbons (Fsp3) is 0.350. The van der Waals surface area contributed by atoms with Gasteiger partial charge in [-0.15, -0.1) is 0 Å². The van der Waals surface area contributed by atoms with E-state index in [-0.39, 0.29) is 22.8 Å². The molecule has 0 saturated carbocycles. The molecule has 29 heavy (non-hydrogen) atoms. The molecule has 152 valence electrons. The number of carbonyl (C=O) groups excluding carboxylic acids is 1. The molecule has 1 saturated heterocycles. The topological polar surface area (TPSA) is 54.9 Å². The first-order valence-electron chi connectivity index (χ1n) is 9.37. The lowest BCUT2D eigenvalue weighted by atomic mass is 10.1. The summed E-state index contributed by atoms with van der Waals surface area (Å²) in [6.45, 7) is 4.58. The van der Waals surface area contributed by atoms with Crippen LogP contribution in [0, 0.1) is 6.92 Å². The molecule has 0 aliphatic carbocycles. The van der Waals surface area contributed by atoms with E-state index in [2.05, 4.69) is 10.1 Å². The van der Waals surface area contributed by atoms with Gasteiger partial charge in [-0.25, -0.2) is 9.50 Å². The third-order valence-corrected chi connectivity index (χ3v) is 5.24.